The number of nitrogens with zero attached hydrogens (tertiary/aromatic N) is 2. The summed E-state index contributed by atoms with van der Waals surface area (Å²) >= 11 is 1.54. The van der Waals surface area contributed by atoms with Crippen molar-refractivity contribution in [3.05, 3.63) is 23.5 Å². The van der Waals surface area contributed by atoms with Crippen LogP contribution in [0.2, 0.25) is 0 Å². The fraction of sp³-hybridized carbons (Fsp3) is 0.500. The van der Waals surface area contributed by atoms with Gasteiger partial charge in [-0.3, -0.25) is 9.20 Å². The van der Waals surface area contributed by atoms with Crippen LogP contribution in [0.15, 0.2) is 17.8 Å². The molecule has 0 aromatic carbocycles. The zero-order chi connectivity index (χ0) is 15.7. The van der Waals surface area contributed by atoms with E-state index in [0.717, 1.165) is 23.5 Å². The Morgan fingerprint density at radius 3 is 2.82 bits per heavy atom. The number of rotatable bonds is 4. The van der Waals surface area contributed by atoms with E-state index in [4.69, 9.17) is 5.73 Å². The maximum Gasteiger partial charge on any atom is 0.316 e. The quantitative estimate of drug-likeness (QED) is 0.796. The molecule has 1 fully saturated rings. The molecule has 1 saturated carbocycles. The van der Waals surface area contributed by atoms with E-state index in [1.807, 2.05) is 29.1 Å². The number of primary amides is 1. The van der Waals surface area contributed by atoms with Crippen molar-refractivity contribution in [3.63, 3.8) is 0 Å². The van der Waals surface area contributed by atoms with Crippen LogP contribution in [0.1, 0.15) is 44.3 Å². The Hall–Kier alpha value is -2.09. The van der Waals surface area contributed by atoms with E-state index in [-0.39, 0.29) is 12.1 Å². The highest BCUT2D eigenvalue weighted by molar-refractivity contribution is 7.15. The maximum atomic E-state index is 12.2. The van der Waals surface area contributed by atoms with Gasteiger partial charge in [-0.2, -0.15) is 0 Å². The molecule has 4 N–H and O–H groups in total. The number of fused-ring (bicyclic) bond motifs is 1. The van der Waals surface area contributed by atoms with Gasteiger partial charge in [0.2, 0.25) is 5.91 Å². The fourth-order valence-corrected chi connectivity index (χ4v) is 3.60. The molecule has 0 aliphatic heterocycles. The molecule has 0 saturated heterocycles. The molecule has 2 aromatic heterocycles. The third-order valence-corrected chi connectivity index (χ3v) is 4.96. The van der Waals surface area contributed by atoms with Gasteiger partial charge in [-0.25, -0.2) is 9.78 Å². The van der Waals surface area contributed by atoms with Crippen molar-refractivity contribution in [2.75, 3.05) is 0 Å². The van der Waals surface area contributed by atoms with Gasteiger partial charge in [-0.05, 0) is 19.8 Å². The highest BCUT2D eigenvalue weighted by Gasteiger charge is 2.41. The molecule has 7 nitrogen and oxygen atoms in total. The summed E-state index contributed by atoms with van der Waals surface area (Å²) in [7, 11) is 0. The molecule has 0 unspecified atom stereocenters. The number of aromatic nitrogens is 2. The maximum absolute atomic E-state index is 12.2. The molecule has 3 amide bonds. The zero-order valence-electron chi connectivity index (χ0n) is 12.3. The minimum atomic E-state index is -0.904. The zero-order valence-corrected chi connectivity index (χ0v) is 13.2. The van der Waals surface area contributed by atoms with Gasteiger partial charge in [0.1, 0.15) is 5.54 Å². The first-order valence-electron chi connectivity index (χ1n) is 7.31. The first-order valence-corrected chi connectivity index (χ1v) is 8.19. The second kappa shape index (κ2) is 5.60. The van der Waals surface area contributed by atoms with Gasteiger partial charge in [-0.15, -0.1) is 11.3 Å². The molecule has 0 spiro atoms. The number of nitrogens with two attached hydrogens (primary N) is 1. The first-order chi connectivity index (χ1) is 10.5. The lowest BCUT2D eigenvalue weighted by molar-refractivity contribution is -0.123. The molecule has 2 aromatic rings. The van der Waals surface area contributed by atoms with Crippen molar-refractivity contribution < 1.29 is 9.59 Å². The number of carbonyl (C=O) groups excluding carboxylic acids is 2. The Bertz CT molecular complexity index is 672. The van der Waals surface area contributed by atoms with Crippen LogP contribution < -0.4 is 16.4 Å². The highest BCUT2D eigenvalue weighted by atomic mass is 32.1. The summed E-state index contributed by atoms with van der Waals surface area (Å²) in [5.41, 5.74) is 5.34. The molecule has 1 atom stereocenters. The van der Waals surface area contributed by atoms with Crippen LogP contribution >= 0.6 is 11.3 Å². The van der Waals surface area contributed by atoms with Gasteiger partial charge in [-0.1, -0.05) is 12.8 Å². The number of hydrogen-bond acceptors (Lipinski definition) is 4. The highest BCUT2D eigenvalue weighted by Crippen LogP contribution is 2.29. The summed E-state index contributed by atoms with van der Waals surface area (Å²) in [6, 6.07) is -0.636. The number of urea groups is 1. The second-order valence-corrected chi connectivity index (χ2v) is 6.61. The van der Waals surface area contributed by atoms with Gasteiger partial charge in [0.15, 0.2) is 4.96 Å². The minimum absolute atomic E-state index is 0.251. The largest absolute Gasteiger partial charge is 0.368 e. The Kier molecular flexibility index (Phi) is 3.78. The van der Waals surface area contributed by atoms with Crippen molar-refractivity contribution in [1.82, 2.24) is 20.0 Å². The lowest BCUT2D eigenvalue weighted by Gasteiger charge is -2.27. The third kappa shape index (κ3) is 2.66. The van der Waals surface area contributed by atoms with Crippen LogP contribution in [0.25, 0.3) is 4.96 Å². The van der Waals surface area contributed by atoms with E-state index in [1.165, 1.54) is 11.3 Å². The Morgan fingerprint density at radius 1 is 1.45 bits per heavy atom. The van der Waals surface area contributed by atoms with Crippen LogP contribution in [0, 0.1) is 0 Å². The number of imidazole rings is 1. The van der Waals surface area contributed by atoms with E-state index in [0.29, 0.717) is 12.8 Å². The fourth-order valence-electron chi connectivity index (χ4n) is 2.89. The molecule has 1 aliphatic carbocycles. The van der Waals surface area contributed by atoms with Crippen LogP contribution in [0.3, 0.4) is 0 Å². The van der Waals surface area contributed by atoms with E-state index >= 15 is 0 Å². The van der Waals surface area contributed by atoms with Crippen molar-refractivity contribution in [3.8, 4) is 0 Å². The molecule has 0 bridgehead atoms. The van der Waals surface area contributed by atoms with E-state index in [9.17, 15) is 9.59 Å². The summed E-state index contributed by atoms with van der Waals surface area (Å²) < 4.78 is 1.91. The van der Waals surface area contributed by atoms with Crippen LogP contribution in [0.5, 0.6) is 0 Å². The molecule has 3 rings (SSSR count). The number of amides is 3. The summed E-state index contributed by atoms with van der Waals surface area (Å²) in [6.07, 6.45) is 6.81. The topological polar surface area (TPSA) is 102 Å². The molecule has 8 heteroatoms. The second-order valence-electron chi connectivity index (χ2n) is 5.73. The predicted octanol–water partition coefficient (Wildman–Crippen LogP) is 1.55. The monoisotopic (exact) mass is 321 g/mol. The molecular weight excluding hydrogens is 302 g/mol. The number of thiazole rings is 1. The number of hydrogen-bond donors (Lipinski definition) is 3. The molecule has 1 aliphatic rings. The average Bonchev–Trinajstić information content (AvgIpc) is 3.12. The summed E-state index contributed by atoms with van der Waals surface area (Å²) in [5, 5.41) is 7.54. The molecule has 0 radical (unpaired) electrons. The number of carbonyl (C=O) groups is 2. The summed E-state index contributed by atoms with van der Waals surface area (Å²) in [5.74, 6) is -0.463. The summed E-state index contributed by atoms with van der Waals surface area (Å²) in [6.45, 7) is 1.86. The van der Waals surface area contributed by atoms with Gasteiger partial charge in [0.05, 0.1) is 11.7 Å². The number of nitrogens with one attached hydrogen (secondary N) is 2. The van der Waals surface area contributed by atoms with Gasteiger partial charge >= 0.3 is 6.03 Å². The Labute approximate surface area is 131 Å². The minimum Gasteiger partial charge on any atom is -0.368 e. The normalized spacial score (nSPS) is 18.2. The van der Waals surface area contributed by atoms with Gasteiger partial charge in [0.25, 0.3) is 0 Å². The Balaban J connectivity index is 1.65. The van der Waals surface area contributed by atoms with E-state index in [1.54, 1.807) is 0 Å². The molecule has 2 heterocycles. The SMILES string of the molecule is C[C@H](NC(=O)NC1(C(N)=O)CCCC1)c1cn2ccsc2n1. The molecular formula is C14H19N5O2S. The predicted molar refractivity (Wildman–Crippen MR) is 83.5 cm³/mol. The standard InChI is InChI=1S/C14H19N5O2S/c1-9(10-8-19-6-7-22-13(19)17-10)16-12(21)18-14(11(15)20)4-2-3-5-14/h6-9H,2-5H2,1H3,(H2,15,20)(H2,16,18,21)/t9-/m0/s1. The Morgan fingerprint density at radius 2 is 2.18 bits per heavy atom. The first kappa shape index (κ1) is 14.8. The average molecular weight is 321 g/mol. The van der Waals surface area contributed by atoms with E-state index in [2.05, 4.69) is 15.6 Å². The van der Waals surface area contributed by atoms with Gasteiger partial charge in [0, 0.05) is 17.8 Å². The van der Waals surface area contributed by atoms with Crippen LogP contribution in [-0.2, 0) is 4.79 Å². The summed E-state index contributed by atoms with van der Waals surface area (Å²) in [4.78, 5) is 29.2. The van der Waals surface area contributed by atoms with Crippen LogP contribution in [-0.4, -0.2) is 26.9 Å². The van der Waals surface area contributed by atoms with E-state index < -0.39 is 11.4 Å². The lowest BCUT2D eigenvalue weighted by atomic mass is 9.97. The molecule has 22 heavy (non-hydrogen) atoms. The van der Waals surface area contributed by atoms with Crippen molar-refractivity contribution in [2.24, 2.45) is 5.73 Å². The molecule has 118 valence electrons. The van der Waals surface area contributed by atoms with Crippen molar-refractivity contribution >= 4 is 28.2 Å². The van der Waals surface area contributed by atoms with Crippen LogP contribution in [0.4, 0.5) is 4.79 Å². The van der Waals surface area contributed by atoms with Crippen molar-refractivity contribution in [1.29, 1.82) is 0 Å². The third-order valence-electron chi connectivity index (χ3n) is 4.18. The van der Waals surface area contributed by atoms with Crippen molar-refractivity contribution in [2.45, 2.75) is 44.2 Å². The smallest absolute Gasteiger partial charge is 0.316 e. The van der Waals surface area contributed by atoms with Gasteiger partial charge < -0.3 is 16.4 Å². The lowest BCUT2D eigenvalue weighted by Crippen LogP contribution is -2.58.